The van der Waals surface area contributed by atoms with Crippen molar-refractivity contribution in [3.8, 4) is 0 Å². The molecule has 0 amide bonds. The van der Waals surface area contributed by atoms with E-state index in [2.05, 4.69) is 24.0 Å². The zero-order valence-corrected chi connectivity index (χ0v) is 11.4. The molecule has 2 N–H and O–H groups in total. The van der Waals surface area contributed by atoms with Crippen molar-refractivity contribution in [1.82, 2.24) is 4.90 Å². The van der Waals surface area contributed by atoms with Crippen molar-refractivity contribution in [2.24, 2.45) is 10.7 Å². The molecular formula is C15H23N3. The highest BCUT2D eigenvalue weighted by atomic mass is 15.2. The molecule has 1 saturated carbocycles. The zero-order chi connectivity index (χ0) is 13.0. The van der Waals surface area contributed by atoms with Gasteiger partial charge in [0.15, 0.2) is 0 Å². The van der Waals surface area contributed by atoms with Crippen LogP contribution in [0.3, 0.4) is 0 Å². The van der Waals surface area contributed by atoms with Gasteiger partial charge in [0.05, 0.1) is 6.54 Å². The van der Waals surface area contributed by atoms with Crippen LogP contribution in [0.2, 0.25) is 0 Å². The van der Waals surface area contributed by atoms with Gasteiger partial charge in [-0.1, -0.05) is 43.2 Å². The summed E-state index contributed by atoms with van der Waals surface area (Å²) in [5.41, 5.74) is 7.30. The van der Waals surface area contributed by atoms with Gasteiger partial charge in [-0.15, -0.1) is 0 Å². The van der Waals surface area contributed by atoms with E-state index in [1.54, 1.807) is 0 Å². The molecule has 1 fully saturated rings. The Bertz CT molecular complexity index is 403. The van der Waals surface area contributed by atoms with Crippen molar-refractivity contribution in [2.75, 3.05) is 20.6 Å². The number of hydrogen-bond donors (Lipinski definition) is 1. The molecule has 1 aliphatic carbocycles. The molecule has 2 rings (SSSR count). The molecular weight excluding hydrogens is 222 g/mol. The van der Waals surface area contributed by atoms with E-state index in [1.807, 2.05) is 30.3 Å². The summed E-state index contributed by atoms with van der Waals surface area (Å²) in [7, 11) is 4.30. The molecule has 0 unspecified atom stereocenters. The topological polar surface area (TPSA) is 41.6 Å². The number of nitrogens with zero attached hydrogens (tertiary/aromatic N) is 2. The minimum Gasteiger partial charge on any atom is -0.384 e. The fourth-order valence-corrected chi connectivity index (χ4v) is 2.71. The fourth-order valence-electron chi connectivity index (χ4n) is 2.71. The number of aliphatic imine (C=N–C) groups is 1. The summed E-state index contributed by atoms with van der Waals surface area (Å²) >= 11 is 0. The van der Waals surface area contributed by atoms with Crippen LogP contribution in [0.25, 0.3) is 0 Å². The Labute approximate surface area is 110 Å². The van der Waals surface area contributed by atoms with Gasteiger partial charge in [0.2, 0.25) is 0 Å². The molecule has 0 saturated heterocycles. The summed E-state index contributed by atoms with van der Waals surface area (Å²) in [5.74, 6) is 0.656. The predicted molar refractivity (Wildman–Crippen MR) is 76.9 cm³/mol. The molecule has 1 aromatic carbocycles. The largest absolute Gasteiger partial charge is 0.384 e. The van der Waals surface area contributed by atoms with Gasteiger partial charge in [-0.2, -0.15) is 0 Å². The van der Waals surface area contributed by atoms with Crippen LogP contribution in [0.5, 0.6) is 0 Å². The number of likely N-dealkylation sites (N-methyl/N-ethyl adjacent to an activating group) is 1. The molecule has 1 aromatic rings. The number of rotatable bonds is 4. The highest BCUT2D eigenvalue weighted by Gasteiger charge is 2.35. The standard InChI is InChI=1S/C15H23N3/c1-18(2)15(10-6-7-11-15)12-17-14(16)13-8-4-3-5-9-13/h3-5,8-9H,6-7,10-12H2,1-2H3,(H2,16,17). The molecule has 18 heavy (non-hydrogen) atoms. The lowest BCUT2D eigenvalue weighted by atomic mass is 9.96. The van der Waals surface area contributed by atoms with E-state index in [9.17, 15) is 0 Å². The molecule has 1 aliphatic rings. The number of benzene rings is 1. The molecule has 0 bridgehead atoms. The van der Waals surface area contributed by atoms with Crippen molar-refractivity contribution >= 4 is 5.84 Å². The molecule has 3 nitrogen and oxygen atoms in total. The lowest BCUT2D eigenvalue weighted by Crippen LogP contribution is -2.44. The summed E-state index contributed by atoms with van der Waals surface area (Å²) < 4.78 is 0. The van der Waals surface area contributed by atoms with Gasteiger partial charge in [-0.05, 0) is 26.9 Å². The van der Waals surface area contributed by atoms with Crippen LogP contribution in [0.4, 0.5) is 0 Å². The molecule has 3 heteroatoms. The highest BCUT2D eigenvalue weighted by Crippen LogP contribution is 2.33. The summed E-state index contributed by atoms with van der Waals surface area (Å²) in [4.78, 5) is 6.94. The second kappa shape index (κ2) is 5.53. The van der Waals surface area contributed by atoms with Crippen LogP contribution in [0.15, 0.2) is 35.3 Å². The first-order chi connectivity index (χ1) is 8.64. The summed E-state index contributed by atoms with van der Waals surface area (Å²) in [6.07, 6.45) is 5.06. The van der Waals surface area contributed by atoms with Gasteiger partial charge >= 0.3 is 0 Å². The normalized spacial score (nSPS) is 19.4. The summed E-state index contributed by atoms with van der Waals surface area (Å²) in [5, 5.41) is 0. The van der Waals surface area contributed by atoms with Gasteiger partial charge in [-0.25, -0.2) is 0 Å². The molecule has 0 radical (unpaired) electrons. The number of amidine groups is 1. The van der Waals surface area contributed by atoms with Crippen molar-refractivity contribution in [3.05, 3.63) is 35.9 Å². The third kappa shape index (κ3) is 2.72. The molecule has 0 heterocycles. The van der Waals surface area contributed by atoms with E-state index in [4.69, 9.17) is 5.73 Å². The quantitative estimate of drug-likeness (QED) is 0.653. The van der Waals surface area contributed by atoms with Crippen LogP contribution in [-0.4, -0.2) is 36.9 Å². The minimum atomic E-state index is 0.222. The molecule has 0 spiro atoms. The Kier molecular flexibility index (Phi) is 4.02. The van der Waals surface area contributed by atoms with E-state index in [1.165, 1.54) is 25.7 Å². The van der Waals surface area contributed by atoms with Crippen LogP contribution >= 0.6 is 0 Å². The maximum atomic E-state index is 6.06. The molecule has 0 atom stereocenters. The van der Waals surface area contributed by atoms with Crippen LogP contribution in [0.1, 0.15) is 31.2 Å². The highest BCUT2D eigenvalue weighted by molar-refractivity contribution is 5.97. The van der Waals surface area contributed by atoms with Gasteiger partial charge < -0.3 is 10.6 Å². The first-order valence-electron chi connectivity index (χ1n) is 6.67. The lowest BCUT2D eigenvalue weighted by molar-refractivity contribution is 0.167. The third-order valence-electron chi connectivity index (χ3n) is 4.10. The Balaban J connectivity index is 2.09. The SMILES string of the molecule is CN(C)C1(CN=C(N)c2ccccc2)CCCC1. The van der Waals surface area contributed by atoms with Gasteiger partial charge in [0, 0.05) is 11.1 Å². The van der Waals surface area contributed by atoms with E-state index in [0.717, 1.165) is 12.1 Å². The van der Waals surface area contributed by atoms with Crippen LogP contribution in [-0.2, 0) is 0 Å². The van der Waals surface area contributed by atoms with E-state index in [-0.39, 0.29) is 5.54 Å². The van der Waals surface area contributed by atoms with Crippen LogP contribution in [0, 0.1) is 0 Å². The van der Waals surface area contributed by atoms with Crippen molar-refractivity contribution in [3.63, 3.8) is 0 Å². The first-order valence-corrected chi connectivity index (χ1v) is 6.67. The first kappa shape index (κ1) is 13.1. The summed E-state index contributed by atoms with van der Waals surface area (Å²) in [6, 6.07) is 10.0. The smallest absolute Gasteiger partial charge is 0.125 e. The molecule has 98 valence electrons. The van der Waals surface area contributed by atoms with E-state index < -0.39 is 0 Å². The van der Waals surface area contributed by atoms with Gasteiger partial charge in [0.25, 0.3) is 0 Å². The van der Waals surface area contributed by atoms with Crippen LogP contribution < -0.4 is 5.73 Å². The Morgan fingerprint density at radius 1 is 1.22 bits per heavy atom. The Hall–Kier alpha value is -1.35. The number of hydrogen-bond acceptors (Lipinski definition) is 2. The third-order valence-corrected chi connectivity index (χ3v) is 4.10. The average Bonchev–Trinajstić information content (AvgIpc) is 2.87. The fraction of sp³-hybridized carbons (Fsp3) is 0.533. The average molecular weight is 245 g/mol. The second-order valence-corrected chi connectivity index (χ2v) is 5.39. The van der Waals surface area contributed by atoms with E-state index >= 15 is 0 Å². The second-order valence-electron chi connectivity index (χ2n) is 5.39. The monoisotopic (exact) mass is 245 g/mol. The Morgan fingerprint density at radius 2 is 1.83 bits per heavy atom. The van der Waals surface area contributed by atoms with Crippen molar-refractivity contribution < 1.29 is 0 Å². The predicted octanol–water partition coefficient (Wildman–Crippen LogP) is 2.27. The summed E-state index contributed by atoms with van der Waals surface area (Å²) in [6.45, 7) is 0.806. The number of nitrogens with two attached hydrogens (primary N) is 1. The maximum absolute atomic E-state index is 6.06. The lowest BCUT2D eigenvalue weighted by Gasteiger charge is -2.35. The molecule has 0 aliphatic heterocycles. The van der Waals surface area contributed by atoms with Gasteiger partial charge in [-0.3, -0.25) is 4.99 Å². The minimum absolute atomic E-state index is 0.222. The maximum Gasteiger partial charge on any atom is 0.125 e. The molecule has 0 aromatic heterocycles. The Morgan fingerprint density at radius 3 is 2.39 bits per heavy atom. The van der Waals surface area contributed by atoms with Crippen molar-refractivity contribution in [2.45, 2.75) is 31.2 Å². The zero-order valence-electron chi connectivity index (χ0n) is 11.4. The van der Waals surface area contributed by atoms with E-state index in [0.29, 0.717) is 5.84 Å². The van der Waals surface area contributed by atoms with Crippen molar-refractivity contribution in [1.29, 1.82) is 0 Å². The van der Waals surface area contributed by atoms with Gasteiger partial charge in [0.1, 0.15) is 5.84 Å².